The topological polar surface area (TPSA) is 64.4 Å². The largest absolute Gasteiger partial charge is 0.365 e. The summed E-state index contributed by atoms with van der Waals surface area (Å²) >= 11 is 0. The Balaban J connectivity index is 1.93. The number of nitrogens with two attached hydrogens (primary N) is 1. The van der Waals surface area contributed by atoms with Crippen molar-refractivity contribution in [3.63, 3.8) is 0 Å². The zero-order valence-corrected chi connectivity index (χ0v) is 9.98. The van der Waals surface area contributed by atoms with Crippen LogP contribution in [-0.2, 0) is 16.1 Å². The summed E-state index contributed by atoms with van der Waals surface area (Å²) in [6.45, 7) is 2.50. The summed E-state index contributed by atoms with van der Waals surface area (Å²) < 4.78 is 5.51. The molecule has 2 atom stereocenters. The maximum absolute atomic E-state index is 11.9. The molecule has 0 aromatic heterocycles. The van der Waals surface area contributed by atoms with E-state index < -0.39 is 0 Å². The van der Waals surface area contributed by atoms with Crippen LogP contribution in [0.5, 0.6) is 0 Å². The lowest BCUT2D eigenvalue weighted by molar-refractivity contribution is -0.126. The molecule has 1 saturated heterocycles. The molecule has 4 nitrogen and oxygen atoms in total. The number of amides is 1. The van der Waals surface area contributed by atoms with Gasteiger partial charge in [-0.05, 0) is 37.5 Å². The summed E-state index contributed by atoms with van der Waals surface area (Å²) in [5, 5.41) is 2.85. The zero-order valence-electron chi connectivity index (χ0n) is 9.98. The van der Waals surface area contributed by atoms with Crippen LogP contribution >= 0.6 is 0 Å². The Bertz CT molecular complexity index is 389. The molecule has 0 spiro atoms. The smallest absolute Gasteiger partial charge is 0.253 e. The molecule has 2 unspecified atom stereocenters. The molecule has 0 aliphatic carbocycles. The molecule has 1 amide bonds. The van der Waals surface area contributed by atoms with Gasteiger partial charge in [0.05, 0.1) is 6.10 Å². The van der Waals surface area contributed by atoms with Gasteiger partial charge in [0.1, 0.15) is 6.10 Å². The minimum atomic E-state index is -0.306. The van der Waals surface area contributed by atoms with Crippen molar-refractivity contribution in [3.05, 3.63) is 29.8 Å². The summed E-state index contributed by atoms with van der Waals surface area (Å²) in [5.41, 5.74) is 7.35. The van der Waals surface area contributed by atoms with Crippen LogP contribution in [0.25, 0.3) is 0 Å². The standard InChI is InChI=1S/C13H18N2O2/c1-9-2-7-12(17-9)13(16)15-11-5-3-10(8-14)4-6-11/h3-6,9,12H,2,7-8,14H2,1H3,(H,15,16). The van der Waals surface area contributed by atoms with Crippen LogP contribution in [0.1, 0.15) is 25.3 Å². The highest BCUT2D eigenvalue weighted by molar-refractivity contribution is 5.94. The van der Waals surface area contributed by atoms with Crippen molar-refractivity contribution in [1.82, 2.24) is 0 Å². The monoisotopic (exact) mass is 234 g/mol. The first-order valence-electron chi connectivity index (χ1n) is 5.94. The number of hydrogen-bond acceptors (Lipinski definition) is 3. The van der Waals surface area contributed by atoms with Gasteiger partial charge in [-0.1, -0.05) is 12.1 Å². The number of hydrogen-bond donors (Lipinski definition) is 2. The number of carbonyl (C=O) groups excluding carboxylic acids is 1. The van der Waals surface area contributed by atoms with E-state index in [1.54, 1.807) is 0 Å². The molecule has 0 radical (unpaired) electrons. The van der Waals surface area contributed by atoms with Crippen molar-refractivity contribution < 1.29 is 9.53 Å². The van der Waals surface area contributed by atoms with Crippen LogP contribution in [-0.4, -0.2) is 18.1 Å². The third kappa shape index (κ3) is 3.05. The highest BCUT2D eigenvalue weighted by Gasteiger charge is 2.27. The van der Waals surface area contributed by atoms with E-state index in [2.05, 4.69) is 5.32 Å². The molecule has 3 N–H and O–H groups in total. The van der Waals surface area contributed by atoms with Crippen LogP contribution < -0.4 is 11.1 Å². The van der Waals surface area contributed by atoms with Gasteiger partial charge in [0, 0.05) is 12.2 Å². The van der Waals surface area contributed by atoms with Crippen LogP contribution in [0.15, 0.2) is 24.3 Å². The lowest BCUT2D eigenvalue weighted by Gasteiger charge is -2.11. The van der Waals surface area contributed by atoms with Crippen molar-refractivity contribution in [1.29, 1.82) is 0 Å². The fourth-order valence-corrected chi connectivity index (χ4v) is 1.94. The number of anilines is 1. The fraction of sp³-hybridized carbons (Fsp3) is 0.462. The van der Waals surface area contributed by atoms with Gasteiger partial charge in [0.2, 0.25) is 0 Å². The molecule has 1 fully saturated rings. The Morgan fingerprint density at radius 2 is 2.12 bits per heavy atom. The summed E-state index contributed by atoms with van der Waals surface area (Å²) in [6.07, 6.45) is 1.63. The summed E-state index contributed by atoms with van der Waals surface area (Å²) in [6, 6.07) is 7.54. The number of rotatable bonds is 3. The van der Waals surface area contributed by atoms with E-state index in [0.29, 0.717) is 6.54 Å². The second-order valence-electron chi connectivity index (χ2n) is 4.40. The van der Waals surface area contributed by atoms with E-state index >= 15 is 0 Å². The highest BCUT2D eigenvalue weighted by atomic mass is 16.5. The molecule has 17 heavy (non-hydrogen) atoms. The van der Waals surface area contributed by atoms with Gasteiger partial charge in [0.25, 0.3) is 5.91 Å². The first-order valence-corrected chi connectivity index (χ1v) is 5.94. The molecule has 92 valence electrons. The Morgan fingerprint density at radius 1 is 1.41 bits per heavy atom. The second kappa shape index (κ2) is 5.29. The molecule has 4 heteroatoms. The summed E-state index contributed by atoms with van der Waals surface area (Å²) in [5.74, 6) is -0.0603. The van der Waals surface area contributed by atoms with Gasteiger partial charge in [0.15, 0.2) is 0 Å². The highest BCUT2D eigenvalue weighted by Crippen LogP contribution is 2.20. The predicted molar refractivity (Wildman–Crippen MR) is 66.5 cm³/mol. The molecule has 0 bridgehead atoms. The first-order chi connectivity index (χ1) is 8.19. The molecule has 1 heterocycles. The average Bonchev–Trinajstić information content (AvgIpc) is 2.77. The SMILES string of the molecule is CC1CCC(C(=O)Nc2ccc(CN)cc2)O1. The van der Waals surface area contributed by atoms with E-state index in [1.807, 2.05) is 31.2 Å². The lowest BCUT2D eigenvalue weighted by Crippen LogP contribution is -2.27. The number of ether oxygens (including phenoxy) is 1. The van der Waals surface area contributed by atoms with E-state index in [1.165, 1.54) is 0 Å². The van der Waals surface area contributed by atoms with Gasteiger partial charge >= 0.3 is 0 Å². The normalized spacial score (nSPS) is 23.6. The van der Waals surface area contributed by atoms with Crippen molar-refractivity contribution in [2.75, 3.05) is 5.32 Å². The van der Waals surface area contributed by atoms with Crippen molar-refractivity contribution in [3.8, 4) is 0 Å². The quantitative estimate of drug-likeness (QED) is 0.835. The zero-order chi connectivity index (χ0) is 12.3. The van der Waals surface area contributed by atoms with Crippen LogP contribution in [0.3, 0.4) is 0 Å². The van der Waals surface area contributed by atoms with Gasteiger partial charge in [-0.25, -0.2) is 0 Å². The van der Waals surface area contributed by atoms with E-state index in [9.17, 15) is 4.79 Å². The van der Waals surface area contributed by atoms with Crippen LogP contribution in [0.2, 0.25) is 0 Å². The summed E-state index contributed by atoms with van der Waals surface area (Å²) in [7, 11) is 0. The minimum Gasteiger partial charge on any atom is -0.365 e. The van der Waals surface area contributed by atoms with Gasteiger partial charge in [-0.3, -0.25) is 4.79 Å². The molecule has 1 aromatic carbocycles. The lowest BCUT2D eigenvalue weighted by atomic mass is 10.2. The fourth-order valence-electron chi connectivity index (χ4n) is 1.94. The summed E-state index contributed by atoms with van der Waals surface area (Å²) in [4.78, 5) is 11.9. The van der Waals surface area contributed by atoms with Gasteiger partial charge < -0.3 is 15.8 Å². The molecular formula is C13H18N2O2. The van der Waals surface area contributed by atoms with Gasteiger partial charge in [-0.15, -0.1) is 0 Å². The Kier molecular flexibility index (Phi) is 3.76. The predicted octanol–water partition coefficient (Wildman–Crippen LogP) is 1.65. The third-order valence-electron chi connectivity index (χ3n) is 2.98. The molecule has 0 saturated carbocycles. The van der Waals surface area contributed by atoms with Crippen LogP contribution in [0.4, 0.5) is 5.69 Å². The maximum Gasteiger partial charge on any atom is 0.253 e. The van der Waals surface area contributed by atoms with Gasteiger partial charge in [-0.2, -0.15) is 0 Å². The molecule has 2 rings (SSSR count). The van der Waals surface area contributed by atoms with Crippen molar-refractivity contribution in [2.24, 2.45) is 5.73 Å². The van der Waals surface area contributed by atoms with E-state index in [4.69, 9.17) is 10.5 Å². The molecule has 1 aliphatic rings. The molecule has 1 aromatic rings. The average molecular weight is 234 g/mol. The molecular weight excluding hydrogens is 216 g/mol. The van der Waals surface area contributed by atoms with Crippen LogP contribution in [0, 0.1) is 0 Å². The Morgan fingerprint density at radius 3 is 2.65 bits per heavy atom. The second-order valence-corrected chi connectivity index (χ2v) is 4.40. The maximum atomic E-state index is 11.9. The minimum absolute atomic E-state index is 0.0603. The first kappa shape index (κ1) is 12.1. The number of carbonyl (C=O) groups is 1. The third-order valence-corrected chi connectivity index (χ3v) is 2.98. The number of nitrogens with one attached hydrogen (secondary N) is 1. The van der Waals surface area contributed by atoms with Crippen molar-refractivity contribution >= 4 is 11.6 Å². The van der Waals surface area contributed by atoms with E-state index in [-0.39, 0.29) is 18.1 Å². The molecule has 1 aliphatic heterocycles. The Labute approximate surface area is 101 Å². The number of benzene rings is 1. The Hall–Kier alpha value is -1.39. The van der Waals surface area contributed by atoms with Crippen molar-refractivity contribution in [2.45, 2.75) is 38.5 Å². The van der Waals surface area contributed by atoms with E-state index in [0.717, 1.165) is 24.1 Å².